The second-order valence-electron chi connectivity index (χ2n) is 5.20. The van der Waals surface area contributed by atoms with Crippen LogP contribution >= 0.6 is 0 Å². The molecule has 10 heteroatoms. The number of carbonyl (C=O) groups is 3. The maximum absolute atomic E-state index is 12.4. The van der Waals surface area contributed by atoms with Crippen LogP contribution in [0.4, 0.5) is 0 Å². The summed E-state index contributed by atoms with van der Waals surface area (Å²) >= 11 is 4.83. The molecule has 0 fully saturated rings. The van der Waals surface area contributed by atoms with Gasteiger partial charge in [0, 0.05) is 0 Å². The van der Waals surface area contributed by atoms with Gasteiger partial charge in [0.25, 0.3) is 0 Å². The topological polar surface area (TPSA) is 156 Å². The predicted molar refractivity (Wildman–Crippen MR) is 83.1 cm³/mol. The van der Waals surface area contributed by atoms with Crippen LogP contribution in [-0.4, -0.2) is 51.6 Å². The molecule has 2 amide bonds. The number of aromatic nitrogens is 2. The van der Waals surface area contributed by atoms with Gasteiger partial charge in [0.2, 0.25) is 0 Å². The summed E-state index contributed by atoms with van der Waals surface area (Å²) in [6.45, 7) is 0.252. The summed E-state index contributed by atoms with van der Waals surface area (Å²) in [5.41, 5.74) is 11.3. The van der Waals surface area contributed by atoms with Gasteiger partial charge in [0.15, 0.2) is 0 Å². The standard InChI is InChI=1S/C14H23N6O3.Cu/c15-4-2-1-3-10(8-21)19-14(23)12(20-13(22)6-16)5-11-7-17-9-18-11;/h7,9-10,12H,1-6,15-16H2,(H,17,18)(H,19,23)(H,20,22);/t10-,12-;/m0./s1. The van der Waals surface area contributed by atoms with Crippen LogP contribution in [0, 0.1) is 0 Å². The number of aromatic amines is 1. The van der Waals surface area contributed by atoms with E-state index in [1.165, 1.54) is 6.33 Å². The van der Waals surface area contributed by atoms with Crippen LogP contribution < -0.4 is 22.1 Å². The number of amides is 2. The third-order valence-corrected chi connectivity index (χ3v) is 3.64. The van der Waals surface area contributed by atoms with Gasteiger partial charge in [-0.1, -0.05) is 0 Å². The van der Waals surface area contributed by atoms with E-state index in [0.717, 1.165) is 6.42 Å². The molecular weight excluding hydrogens is 364 g/mol. The zero-order valence-electron chi connectivity index (χ0n) is 13.2. The van der Waals surface area contributed by atoms with Gasteiger partial charge in [-0.15, -0.1) is 0 Å². The van der Waals surface area contributed by atoms with E-state index < -0.39 is 28.6 Å². The van der Waals surface area contributed by atoms with Crippen molar-refractivity contribution in [2.45, 2.75) is 37.8 Å². The van der Waals surface area contributed by atoms with Crippen molar-refractivity contribution < 1.29 is 30.4 Å². The molecule has 0 bridgehead atoms. The fourth-order valence-electron chi connectivity index (χ4n) is 2.07. The molecule has 0 radical (unpaired) electrons. The van der Waals surface area contributed by atoms with Crippen LogP contribution in [-0.2, 0) is 36.8 Å². The fourth-order valence-corrected chi connectivity index (χ4v) is 2.27. The van der Waals surface area contributed by atoms with E-state index in [1.807, 2.05) is 0 Å². The first kappa shape index (κ1) is 20.3. The number of nitrogens with two attached hydrogens (primary N) is 2. The van der Waals surface area contributed by atoms with Crippen molar-refractivity contribution in [3.8, 4) is 0 Å². The molecule has 1 rings (SSSR count). The second kappa shape index (κ2) is 10.9. The van der Waals surface area contributed by atoms with Gasteiger partial charge in [-0.3, -0.25) is 0 Å². The third-order valence-electron chi connectivity index (χ3n) is 3.32. The fraction of sp³-hybridized carbons (Fsp3) is 0.571. The minimum atomic E-state index is -0.895. The molecule has 0 aliphatic carbocycles. The number of hydrogen-bond donors (Lipinski definition) is 5. The Morgan fingerprint density at radius 2 is 1.96 bits per heavy atom. The predicted octanol–water partition coefficient (Wildman–Crippen LogP) is -1.92. The monoisotopic (exact) mass is 386 g/mol. The van der Waals surface area contributed by atoms with Crippen LogP contribution in [0.3, 0.4) is 0 Å². The molecular formula is C14H23CuN6O3. The van der Waals surface area contributed by atoms with Crippen molar-refractivity contribution in [1.82, 2.24) is 20.6 Å². The summed E-state index contributed by atoms with van der Waals surface area (Å²) in [6.07, 6.45) is 5.05. The van der Waals surface area contributed by atoms with Gasteiger partial charge in [-0.05, 0) is 0 Å². The van der Waals surface area contributed by atoms with Crippen molar-refractivity contribution in [2.75, 3.05) is 13.1 Å². The minimum absolute atomic E-state index is 0.167. The Labute approximate surface area is 148 Å². The molecule has 2 atom stereocenters. The first-order valence-electron chi connectivity index (χ1n) is 7.61. The van der Waals surface area contributed by atoms with E-state index in [0.29, 0.717) is 25.1 Å². The van der Waals surface area contributed by atoms with Crippen molar-refractivity contribution in [2.24, 2.45) is 11.5 Å². The van der Waals surface area contributed by atoms with Crippen molar-refractivity contribution >= 4 is 16.5 Å². The van der Waals surface area contributed by atoms with E-state index in [1.54, 1.807) is 6.20 Å². The van der Waals surface area contributed by atoms with Gasteiger partial charge in [-0.25, -0.2) is 0 Å². The van der Waals surface area contributed by atoms with E-state index in [2.05, 4.69) is 20.6 Å². The molecule has 7 N–H and O–H groups in total. The molecule has 0 aliphatic rings. The number of hydrogen-bond acceptors (Lipinski definition) is 6. The van der Waals surface area contributed by atoms with E-state index in [-0.39, 0.29) is 13.0 Å². The van der Waals surface area contributed by atoms with Crippen molar-refractivity contribution in [3.05, 3.63) is 18.2 Å². The Hall–Kier alpha value is -1.74. The normalized spacial score (nSPS) is 13.2. The number of imidazole rings is 1. The van der Waals surface area contributed by atoms with Crippen LogP contribution in [0.5, 0.6) is 0 Å². The molecule has 24 heavy (non-hydrogen) atoms. The summed E-state index contributed by atoms with van der Waals surface area (Å²) < 4.78 is -0.573. The van der Waals surface area contributed by atoms with E-state index >= 15 is 0 Å². The zero-order valence-corrected chi connectivity index (χ0v) is 14.1. The molecule has 0 saturated carbocycles. The Kier molecular flexibility index (Phi) is 9.24. The van der Waals surface area contributed by atoms with Gasteiger partial charge < -0.3 is 0 Å². The number of nitrogens with one attached hydrogen (secondary N) is 3. The van der Waals surface area contributed by atoms with Crippen molar-refractivity contribution in [1.29, 1.82) is 0 Å². The molecule has 1 heterocycles. The Morgan fingerprint density at radius 3 is 2.50 bits per heavy atom. The average molecular weight is 387 g/mol. The molecule has 138 valence electrons. The Bertz CT molecular complexity index is 537. The number of H-pyrrole nitrogens is 1. The summed E-state index contributed by atoms with van der Waals surface area (Å²) in [7, 11) is 0. The van der Waals surface area contributed by atoms with Crippen LogP contribution in [0.15, 0.2) is 12.5 Å². The van der Waals surface area contributed by atoms with E-state index in [9.17, 15) is 14.4 Å². The van der Waals surface area contributed by atoms with Crippen molar-refractivity contribution in [3.63, 3.8) is 0 Å². The van der Waals surface area contributed by atoms with E-state index in [4.69, 9.17) is 27.5 Å². The summed E-state index contributed by atoms with van der Waals surface area (Å²) in [4.78, 5) is 42.3. The van der Waals surface area contributed by atoms with Crippen LogP contribution in [0.1, 0.15) is 25.0 Å². The van der Waals surface area contributed by atoms with Gasteiger partial charge in [-0.2, -0.15) is 0 Å². The number of unbranched alkanes of at least 4 members (excludes halogenated alkanes) is 1. The number of rotatable bonds is 11. The molecule has 9 nitrogen and oxygen atoms in total. The quantitative estimate of drug-likeness (QED) is 0.220. The van der Waals surface area contributed by atoms with Gasteiger partial charge >= 0.3 is 148 Å². The maximum atomic E-state index is 12.4. The molecule has 0 spiro atoms. The second-order valence-corrected chi connectivity index (χ2v) is 5.67. The molecule has 0 aliphatic heterocycles. The van der Waals surface area contributed by atoms with Gasteiger partial charge in [0.05, 0.1) is 0 Å². The molecule has 1 aromatic rings. The average Bonchev–Trinajstić information content (AvgIpc) is 3.06. The third kappa shape index (κ3) is 7.22. The number of carbonyl (C=O) groups excluding carboxylic acids is 3. The van der Waals surface area contributed by atoms with Gasteiger partial charge in [0.1, 0.15) is 0 Å². The zero-order chi connectivity index (χ0) is 17.9. The Balaban J connectivity index is 2.73. The summed E-state index contributed by atoms with van der Waals surface area (Å²) in [6, 6.07) is -1.69. The first-order valence-corrected chi connectivity index (χ1v) is 8.08. The SMILES string of the molecule is NCCCC[C@H](NC(=O)[C@H](Cc1c[nH]cn1)NC(=O)CN)[C](=O)[Cu]. The summed E-state index contributed by atoms with van der Waals surface area (Å²) in [5, 5.41) is 5.10. The first-order chi connectivity index (χ1) is 11.5. The van der Waals surface area contributed by atoms with Crippen LogP contribution in [0.2, 0.25) is 0 Å². The Morgan fingerprint density at radius 1 is 1.21 bits per heavy atom. The molecule has 0 saturated heterocycles. The molecule has 0 unspecified atom stereocenters. The summed E-state index contributed by atoms with van der Waals surface area (Å²) in [5.74, 6) is -0.985. The molecule has 0 aromatic carbocycles. The molecule has 1 aromatic heterocycles. The van der Waals surface area contributed by atoms with Crippen LogP contribution in [0.25, 0.3) is 0 Å². The number of nitrogens with zero attached hydrogens (tertiary/aromatic N) is 1.